The second-order valence-electron chi connectivity index (χ2n) is 5.93. The van der Waals surface area contributed by atoms with Gasteiger partial charge in [-0.1, -0.05) is 19.8 Å². The van der Waals surface area contributed by atoms with Gasteiger partial charge >= 0.3 is 0 Å². The molecule has 5 heteroatoms. The van der Waals surface area contributed by atoms with Crippen molar-refractivity contribution in [3.05, 3.63) is 24.3 Å². The van der Waals surface area contributed by atoms with E-state index in [9.17, 15) is 9.59 Å². The first kappa shape index (κ1) is 16.9. The molecule has 22 heavy (non-hydrogen) atoms. The summed E-state index contributed by atoms with van der Waals surface area (Å²) < 4.78 is 0. The molecule has 2 amide bonds. The number of anilines is 1. The summed E-state index contributed by atoms with van der Waals surface area (Å²) in [5, 5.41) is 5.89. The molecule has 2 atom stereocenters. The van der Waals surface area contributed by atoms with E-state index in [1.807, 2.05) is 24.3 Å². The minimum atomic E-state index is -0.0821. The Bertz CT molecular complexity index is 516. The number of nitrogens with one attached hydrogen (secondary N) is 2. The van der Waals surface area contributed by atoms with E-state index >= 15 is 0 Å². The van der Waals surface area contributed by atoms with Crippen LogP contribution in [0.4, 0.5) is 5.69 Å². The maximum absolute atomic E-state index is 12.1. The summed E-state index contributed by atoms with van der Waals surface area (Å²) in [5.74, 6) is 1.04. The standard InChI is InChI=1S/C17H24N2O2S/c1-12-5-3-4-6-16(12)19-17(21)11-22-15-9-7-14(8-10-15)18-13(2)20/h7-10,12,16H,3-6,11H2,1-2H3,(H,18,20)(H,19,21). The molecule has 0 saturated heterocycles. The molecule has 2 rings (SSSR count). The van der Waals surface area contributed by atoms with Gasteiger partial charge in [0.2, 0.25) is 11.8 Å². The van der Waals surface area contributed by atoms with Crippen LogP contribution in [0, 0.1) is 5.92 Å². The van der Waals surface area contributed by atoms with Crippen LogP contribution < -0.4 is 10.6 Å². The summed E-state index contributed by atoms with van der Waals surface area (Å²) >= 11 is 1.52. The van der Waals surface area contributed by atoms with Crippen molar-refractivity contribution in [3.8, 4) is 0 Å². The van der Waals surface area contributed by atoms with E-state index < -0.39 is 0 Å². The van der Waals surface area contributed by atoms with Crippen LogP contribution in [0.2, 0.25) is 0 Å². The SMILES string of the molecule is CC(=O)Nc1ccc(SCC(=O)NC2CCCCC2C)cc1. The van der Waals surface area contributed by atoms with Gasteiger partial charge in [0.15, 0.2) is 0 Å². The van der Waals surface area contributed by atoms with Gasteiger partial charge in [0.1, 0.15) is 0 Å². The van der Waals surface area contributed by atoms with Crippen LogP contribution in [0.25, 0.3) is 0 Å². The second kappa shape index (κ2) is 8.22. The number of thioether (sulfide) groups is 1. The molecular formula is C17H24N2O2S. The van der Waals surface area contributed by atoms with Crippen LogP contribution >= 0.6 is 11.8 Å². The highest BCUT2D eigenvalue weighted by molar-refractivity contribution is 8.00. The van der Waals surface area contributed by atoms with Gasteiger partial charge in [-0.15, -0.1) is 11.8 Å². The first-order valence-electron chi connectivity index (χ1n) is 7.84. The third-order valence-corrected chi connectivity index (χ3v) is 5.01. The molecule has 0 aromatic heterocycles. The highest BCUT2D eigenvalue weighted by Crippen LogP contribution is 2.24. The Morgan fingerprint density at radius 3 is 2.50 bits per heavy atom. The number of rotatable bonds is 5. The van der Waals surface area contributed by atoms with E-state index in [0.29, 0.717) is 17.7 Å². The van der Waals surface area contributed by atoms with Gasteiger partial charge in [-0.3, -0.25) is 9.59 Å². The van der Waals surface area contributed by atoms with Gasteiger partial charge in [-0.2, -0.15) is 0 Å². The fourth-order valence-corrected chi connectivity index (χ4v) is 3.48. The predicted octanol–water partition coefficient (Wildman–Crippen LogP) is 3.43. The van der Waals surface area contributed by atoms with Crippen molar-refractivity contribution in [2.75, 3.05) is 11.1 Å². The van der Waals surface area contributed by atoms with Crippen molar-refractivity contribution in [3.63, 3.8) is 0 Å². The summed E-state index contributed by atoms with van der Waals surface area (Å²) in [6, 6.07) is 7.89. The zero-order valence-electron chi connectivity index (χ0n) is 13.2. The minimum absolute atomic E-state index is 0.0821. The van der Waals surface area contributed by atoms with Crippen molar-refractivity contribution in [2.45, 2.75) is 50.5 Å². The lowest BCUT2D eigenvalue weighted by Gasteiger charge is -2.29. The zero-order chi connectivity index (χ0) is 15.9. The van der Waals surface area contributed by atoms with Crippen LogP contribution in [-0.2, 0) is 9.59 Å². The van der Waals surface area contributed by atoms with E-state index in [0.717, 1.165) is 17.0 Å². The van der Waals surface area contributed by atoms with E-state index in [2.05, 4.69) is 17.6 Å². The van der Waals surface area contributed by atoms with E-state index in [1.54, 1.807) is 0 Å². The second-order valence-corrected chi connectivity index (χ2v) is 6.98. The van der Waals surface area contributed by atoms with Gasteiger partial charge in [0, 0.05) is 23.5 Å². The summed E-state index contributed by atoms with van der Waals surface area (Å²) in [6.07, 6.45) is 4.81. The lowest BCUT2D eigenvalue weighted by atomic mass is 9.86. The molecule has 0 spiro atoms. The molecule has 1 aliphatic rings. The van der Waals surface area contributed by atoms with E-state index in [-0.39, 0.29) is 11.8 Å². The summed E-state index contributed by atoms with van der Waals surface area (Å²) in [6.45, 7) is 3.71. The number of amides is 2. The Morgan fingerprint density at radius 2 is 1.86 bits per heavy atom. The lowest BCUT2D eigenvalue weighted by Crippen LogP contribution is -2.41. The molecule has 2 N–H and O–H groups in total. The Balaban J connectivity index is 1.77. The van der Waals surface area contributed by atoms with Gasteiger partial charge in [0.05, 0.1) is 5.75 Å². The Kier molecular flexibility index (Phi) is 6.31. The first-order valence-corrected chi connectivity index (χ1v) is 8.83. The van der Waals surface area contributed by atoms with Crippen LogP contribution in [-0.4, -0.2) is 23.6 Å². The first-order chi connectivity index (χ1) is 10.5. The van der Waals surface area contributed by atoms with Crippen molar-refractivity contribution in [1.29, 1.82) is 0 Å². The monoisotopic (exact) mass is 320 g/mol. The average molecular weight is 320 g/mol. The van der Waals surface area contributed by atoms with Crippen LogP contribution in [0.15, 0.2) is 29.2 Å². The molecule has 0 radical (unpaired) electrons. The smallest absolute Gasteiger partial charge is 0.230 e. The van der Waals surface area contributed by atoms with Crippen molar-refractivity contribution >= 4 is 29.3 Å². The van der Waals surface area contributed by atoms with Crippen LogP contribution in [0.5, 0.6) is 0 Å². The predicted molar refractivity (Wildman–Crippen MR) is 91.0 cm³/mol. The molecule has 0 bridgehead atoms. The molecule has 120 valence electrons. The van der Waals surface area contributed by atoms with Crippen molar-refractivity contribution in [2.24, 2.45) is 5.92 Å². The molecule has 1 fully saturated rings. The summed E-state index contributed by atoms with van der Waals surface area (Å²) in [5.41, 5.74) is 0.775. The molecule has 0 heterocycles. The normalized spacial score (nSPS) is 21.2. The number of carbonyl (C=O) groups is 2. The molecule has 1 aromatic rings. The highest BCUT2D eigenvalue weighted by Gasteiger charge is 2.22. The third-order valence-electron chi connectivity index (χ3n) is 4.00. The lowest BCUT2D eigenvalue weighted by molar-refractivity contribution is -0.119. The molecule has 0 aliphatic heterocycles. The largest absolute Gasteiger partial charge is 0.352 e. The van der Waals surface area contributed by atoms with Crippen molar-refractivity contribution < 1.29 is 9.59 Å². The average Bonchev–Trinajstić information content (AvgIpc) is 2.48. The van der Waals surface area contributed by atoms with Crippen LogP contribution in [0.1, 0.15) is 39.5 Å². The fraction of sp³-hybridized carbons (Fsp3) is 0.529. The summed E-state index contributed by atoms with van der Waals surface area (Å²) in [7, 11) is 0. The molecule has 2 unspecified atom stereocenters. The minimum Gasteiger partial charge on any atom is -0.352 e. The quantitative estimate of drug-likeness (QED) is 0.817. The zero-order valence-corrected chi connectivity index (χ0v) is 14.0. The third kappa shape index (κ3) is 5.37. The number of carbonyl (C=O) groups excluding carboxylic acids is 2. The Morgan fingerprint density at radius 1 is 1.18 bits per heavy atom. The number of hydrogen-bond donors (Lipinski definition) is 2. The van der Waals surface area contributed by atoms with Crippen LogP contribution in [0.3, 0.4) is 0 Å². The number of benzene rings is 1. The maximum atomic E-state index is 12.1. The molecule has 1 saturated carbocycles. The molecule has 4 nitrogen and oxygen atoms in total. The highest BCUT2D eigenvalue weighted by atomic mass is 32.2. The number of hydrogen-bond acceptors (Lipinski definition) is 3. The fourth-order valence-electron chi connectivity index (χ4n) is 2.77. The van der Waals surface area contributed by atoms with Gasteiger partial charge < -0.3 is 10.6 Å². The van der Waals surface area contributed by atoms with Gasteiger partial charge in [0.25, 0.3) is 0 Å². The summed E-state index contributed by atoms with van der Waals surface area (Å²) in [4.78, 5) is 24.0. The van der Waals surface area contributed by atoms with Crippen molar-refractivity contribution in [1.82, 2.24) is 5.32 Å². The topological polar surface area (TPSA) is 58.2 Å². The van der Waals surface area contributed by atoms with Gasteiger partial charge in [-0.05, 0) is 43.0 Å². The maximum Gasteiger partial charge on any atom is 0.230 e. The van der Waals surface area contributed by atoms with E-state index in [4.69, 9.17) is 0 Å². The van der Waals surface area contributed by atoms with E-state index in [1.165, 1.54) is 37.9 Å². The Labute approximate surface area is 136 Å². The molecule has 1 aliphatic carbocycles. The Hall–Kier alpha value is -1.49. The molecular weight excluding hydrogens is 296 g/mol. The molecule has 1 aromatic carbocycles. The van der Waals surface area contributed by atoms with Gasteiger partial charge in [-0.25, -0.2) is 0 Å².